The van der Waals surface area contributed by atoms with Gasteiger partial charge in [-0.25, -0.2) is 4.99 Å². The monoisotopic (exact) mass is 547 g/mol. The van der Waals surface area contributed by atoms with Crippen LogP contribution in [-0.2, 0) is 4.79 Å². The minimum absolute atomic E-state index is 0.0187. The number of ketones is 1. The molecule has 2 aliphatic rings. The first kappa shape index (κ1) is 21.7. The van der Waals surface area contributed by atoms with Gasteiger partial charge in [-0.05, 0) is 85.5 Å². The topological polar surface area (TPSA) is 49.7 Å². The Labute approximate surface area is 196 Å². The second-order valence-corrected chi connectivity index (χ2v) is 18.5. The molecule has 1 aliphatic carbocycles. The van der Waals surface area contributed by atoms with E-state index in [0.717, 1.165) is 32.2 Å². The predicted octanol–water partition coefficient (Wildman–Crippen LogP) is 6.67. The zero-order chi connectivity index (χ0) is 22.1. The fourth-order valence-electron chi connectivity index (χ4n) is 5.61. The number of carbonyl (C=O) groups excluding carboxylic acids is 1. The SMILES string of the molecule is CC(C)(C)[Si]1(C(C)(C)C)C2=CC(=O)C=CC2=Nc2ccc(O)c(-c3ccc(I)s3)c21. The van der Waals surface area contributed by atoms with Crippen molar-refractivity contribution in [2.75, 3.05) is 0 Å². The van der Waals surface area contributed by atoms with Crippen molar-refractivity contribution in [3.05, 3.63) is 50.6 Å². The molecule has 156 valence electrons. The standard InChI is InChI=1S/C24H26INO2SSi/c1-23(2,3)30(24(4,5)6)19-13-14(27)7-8-15(19)26-16-9-10-17(28)21(22(16)30)18-11-12-20(25)29-18/h7-13,28H,1-6H3. The summed E-state index contributed by atoms with van der Waals surface area (Å²) in [5.74, 6) is 0.305. The Morgan fingerprint density at radius 3 is 2.23 bits per heavy atom. The fraction of sp³-hybridized carbons (Fsp3) is 0.333. The minimum Gasteiger partial charge on any atom is -0.507 e. The van der Waals surface area contributed by atoms with E-state index in [0.29, 0.717) is 0 Å². The van der Waals surface area contributed by atoms with Gasteiger partial charge in [0.25, 0.3) is 0 Å². The summed E-state index contributed by atoms with van der Waals surface area (Å²) in [5.41, 5.74) is 2.72. The van der Waals surface area contributed by atoms with Gasteiger partial charge >= 0.3 is 0 Å². The van der Waals surface area contributed by atoms with Crippen LogP contribution in [0.25, 0.3) is 10.4 Å². The zero-order valence-corrected chi connectivity index (χ0v) is 22.1. The second kappa shape index (κ2) is 7.00. The van der Waals surface area contributed by atoms with Gasteiger partial charge in [0.1, 0.15) is 13.8 Å². The summed E-state index contributed by atoms with van der Waals surface area (Å²) in [6.45, 7) is 13.7. The molecule has 1 aliphatic heterocycles. The number of carbonyl (C=O) groups is 1. The van der Waals surface area contributed by atoms with Crippen LogP contribution in [0.15, 0.2) is 52.7 Å². The van der Waals surface area contributed by atoms with E-state index in [1.807, 2.05) is 18.2 Å². The Kier molecular flexibility index (Phi) is 5.07. The van der Waals surface area contributed by atoms with Crippen LogP contribution >= 0.6 is 33.9 Å². The maximum Gasteiger partial charge on any atom is 0.178 e. The van der Waals surface area contributed by atoms with Crippen molar-refractivity contribution in [3.8, 4) is 16.2 Å². The summed E-state index contributed by atoms with van der Waals surface area (Å²) in [5, 5.41) is 13.1. The molecule has 6 heteroatoms. The highest BCUT2D eigenvalue weighted by atomic mass is 127. The highest BCUT2D eigenvalue weighted by Crippen LogP contribution is 2.59. The molecule has 0 amide bonds. The molecule has 0 fully saturated rings. The summed E-state index contributed by atoms with van der Waals surface area (Å²) < 4.78 is 1.17. The molecule has 3 nitrogen and oxygen atoms in total. The van der Waals surface area contributed by atoms with Crippen molar-refractivity contribution >= 4 is 64.4 Å². The lowest BCUT2D eigenvalue weighted by Crippen LogP contribution is -2.66. The smallest absolute Gasteiger partial charge is 0.178 e. The van der Waals surface area contributed by atoms with Crippen LogP contribution in [0.5, 0.6) is 5.75 Å². The molecule has 0 saturated carbocycles. The molecule has 0 atom stereocenters. The Bertz CT molecular complexity index is 1140. The van der Waals surface area contributed by atoms with E-state index in [1.165, 1.54) is 2.88 Å². The summed E-state index contributed by atoms with van der Waals surface area (Å²) in [6.07, 6.45) is 5.30. The number of thiophene rings is 1. The number of rotatable bonds is 1. The second-order valence-electron chi connectivity index (χ2n) is 10.00. The number of hydrogen-bond acceptors (Lipinski definition) is 4. The Morgan fingerprint density at radius 2 is 1.67 bits per heavy atom. The number of fused-ring (bicyclic) bond motifs is 2. The van der Waals surface area contributed by atoms with Crippen molar-refractivity contribution in [1.82, 2.24) is 0 Å². The number of phenolic OH excluding ortho intramolecular Hbond substituents is 1. The van der Waals surface area contributed by atoms with E-state index in [1.54, 1.807) is 23.5 Å². The number of halogens is 1. The van der Waals surface area contributed by atoms with Crippen molar-refractivity contribution in [3.63, 3.8) is 0 Å². The summed E-state index contributed by atoms with van der Waals surface area (Å²) in [7, 11) is -2.66. The Balaban J connectivity index is 2.25. The normalized spacial score (nSPS) is 17.9. The first-order chi connectivity index (χ1) is 13.9. The lowest BCUT2D eigenvalue weighted by Gasteiger charge is -2.56. The van der Waals surface area contributed by atoms with E-state index in [4.69, 9.17) is 4.99 Å². The molecular formula is C24H26INO2SSi. The molecular weight excluding hydrogens is 521 g/mol. The quantitative estimate of drug-likeness (QED) is 0.246. The van der Waals surface area contributed by atoms with E-state index >= 15 is 0 Å². The third kappa shape index (κ3) is 3.02. The molecule has 0 saturated heterocycles. The third-order valence-corrected chi connectivity index (χ3v) is 15.1. The van der Waals surface area contributed by atoms with Gasteiger partial charge in [0.2, 0.25) is 0 Å². The lowest BCUT2D eigenvalue weighted by molar-refractivity contribution is -0.110. The van der Waals surface area contributed by atoms with Crippen molar-refractivity contribution in [1.29, 1.82) is 0 Å². The molecule has 0 bridgehead atoms. The van der Waals surface area contributed by atoms with E-state index in [9.17, 15) is 9.90 Å². The van der Waals surface area contributed by atoms with E-state index < -0.39 is 8.07 Å². The van der Waals surface area contributed by atoms with Crippen LogP contribution in [0, 0.1) is 2.88 Å². The molecule has 0 radical (unpaired) electrons. The molecule has 4 rings (SSSR count). The summed E-state index contributed by atoms with van der Waals surface area (Å²) in [4.78, 5) is 18.6. The van der Waals surface area contributed by atoms with Crippen LogP contribution in [0.2, 0.25) is 10.1 Å². The van der Waals surface area contributed by atoms with Crippen LogP contribution < -0.4 is 5.19 Å². The highest BCUT2D eigenvalue weighted by molar-refractivity contribution is 14.1. The van der Waals surface area contributed by atoms with E-state index in [2.05, 4.69) is 76.3 Å². The first-order valence-electron chi connectivity index (χ1n) is 10.0. The highest BCUT2D eigenvalue weighted by Gasteiger charge is 2.61. The van der Waals surface area contributed by atoms with Crippen LogP contribution in [0.3, 0.4) is 0 Å². The molecule has 0 unspecified atom stereocenters. The van der Waals surface area contributed by atoms with Gasteiger partial charge in [-0.3, -0.25) is 4.79 Å². The molecule has 0 spiro atoms. The largest absolute Gasteiger partial charge is 0.507 e. The molecule has 1 aromatic heterocycles. The molecule has 30 heavy (non-hydrogen) atoms. The van der Waals surface area contributed by atoms with Crippen LogP contribution in [0.4, 0.5) is 5.69 Å². The number of benzene rings is 1. The zero-order valence-electron chi connectivity index (χ0n) is 18.1. The van der Waals surface area contributed by atoms with Crippen molar-refractivity contribution < 1.29 is 9.90 Å². The maximum atomic E-state index is 12.6. The fourth-order valence-corrected chi connectivity index (χ4v) is 15.1. The van der Waals surface area contributed by atoms with Crippen molar-refractivity contribution in [2.45, 2.75) is 51.6 Å². The number of nitrogens with zero attached hydrogens (tertiary/aromatic N) is 1. The van der Waals surface area contributed by atoms with Crippen LogP contribution in [-0.4, -0.2) is 24.7 Å². The van der Waals surface area contributed by atoms with Crippen LogP contribution in [0.1, 0.15) is 41.5 Å². The van der Waals surface area contributed by atoms with E-state index in [-0.39, 0.29) is 21.6 Å². The van der Waals surface area contributed by atoms with Gasteiger partial charge in [-0.1, -0.05) is 41.5 Å². The maximum absolute atomic E-state index is 12.6. The predicted molar refractivity (Wildman–Crippen MR) is 138 cm³/mol. The number of phenols is 1. The molecule has 2 heterocycles. The number of aromatic hydroxyl groups is 1. The summed E-state index contributed by atoms with van der Waals surface area (Å²) >= 11 is 4.00. The van der Waals surface area contributed by atoms with Gasteiger partial charge < -0.3 is 5.11 Å². The average Bonchev–Trinajstić information content (AvgIpc) is 3.03. The van der Waals surface area contributed by atoms with Gasteiger partial charge in [0.05, 0.1) is 14.3 Å². The van der Waals surface area contributed by atoms with Gasteiger partial charge in [-0.15, -0.1) is 11.3 Å². The van der Waals surface area contributed by atoms with Gasteiger partial charge in [0, 0.05) is 10.4 Å². The molecule has 1 N–H and O–H groups in total. The third-order valence-electron chi connectivity index (χ3n) is 6.22. The minimum atomic E-state index is -2.66. The molecule has 1 aromatic carbocycles. The van der Waals surface area contributed by atoms with Crippen molar-refractivity contribution in [2.24, 2.45) is 4.99 Å². The average molecular weight is 548 g/mol. The lowest BCUT2D eigenvalue weighted by atomic mass is 10.1. The number of hydrogen-bond donors (Lipinski definition) is 1. The Hall–Kier alpha value is -1.51. The molecule has 2 aromatic rings. The Morgan fingerprint density at radius 1 is 1.00 bits per heavy atom. The summed E-state index contributed by atoms with van der Waals surface area (Å²) in [6, 6.07) is 7.88. The van der Waals surface area contributed by atoms with Gasteiger partial charge in [-0.2, -0.15) is 0 Å². The number of aliphatic imine (C=N–C) groups is 1. The van der Waals surface area contributed by atoms with Gasteiger partial charge in [0.15, 0.2) is 5.78 Å². The first-order valence-corrected chi connectivity index (χ1v) is 13.9. The number of allylic oxidation sites excluding steroid dienone is 4.